The number of guanidine groups is 1. The first-order valence-corrected chi connectivity index (χ1v) is 9.15. The fourth-order valence-electron chi connectivity index (χ4n) is 2.76. The highest BCUT2D eigenvalue weighted by Crippen LogP contribution is 2.17. The lowest BCUT2D eigenvalue weighted by Gasteiger charge is -2.20. The van der Waals surface area contributed by atoms with Crippen LogP contribution in [0.3, 0.4) is 0 Å². The number of nitrogens with one attached hydrogen (secondary N) is 1. The molecule has 0 spiro atoms. The molecule has 0 aromatic heterocycles. The molecule has 0 aliphatic carbocycles. The van der Waals surface area contributed by atoms with Gasteiger partial charge in [-0.3, -0.25) is 9.89 Å². The number of likely N-dealkylation sites (N-methyl/N-ethyl adjacent to an activating group) is 1. The van der Waals surface area contributed by atoms with E-state index in [9.17, 15) is 0 Å². The normalized spacial score (nSPS) is 19.5. The Kier molecular flexibility index (Phi) is 7.06. The summed E-state index contributed by atoms with van der Waals surface area (Å²) in [6.07, 6.45) is 2.53. The monoisotopic (exact) mass is 320 g/mol. The zero-order valence-electron chi connectivity index (χ0n) is 13.7. The highest BCUT2D eigenvalue weighted by molar-refractivity contribution is 7.99. The minimum Gasteiger partial charge on any atom is -0.370 e. The largest absolute Gasteiger partial charge is 0.370 e. The number of nitrogens with two attached hydrogens (primary N) is 1. The molecule has 1 aliphatic rings. The standard InChI is InChI=1S/C17H28N4S/c1-3-21-11-4-5-15(21)13-20-17(18)19-10-12-22-16-8-6-14(2)7-9-16/h6-9,15H,3-5,10-13H2,1-2H3,(H3,18,19,20). The second-order valence-corrected chi connectivity index (χ2v) is 6.91. The van der Waals surface area contributed by atoms with E-state index in [0.717, 1.165) is 25.4 Å². The van der Waals surface area contributed by atoms with Crippen molar-refractivity contribution in [2.24, 2.45) is 10.7 Å². The number of rotatable bonds is 7. The van der Waals surface area contributed by atoms with Gasteiger partial charge in [-0.25, -0.2) is 0 Å². The minimum absolute atomic E-state index is 0.576. The van der Waals surface area contributed by atoms with E-state index in [1.54, 1.807) is 0 Å². The molecule has 0 amide bonds. The Bertz CT molecular complexity index is 472. The number of thioether (sulfide) groups is 1. The molecule has 1 aromatic rings. The van der Waals surface area contributed by atoms with Gasteiger partial charge in [-0.15, -0.1) is 11.8 Å². The second-order valence-electron chi connectivity index (χ2n) is 5.74. The molecule has 0 radical (unpaired) electrons. The highest BCUT2D eigenvalue weighted by Gasteiger charge is 2.22. The van der Waals surface area contributed by atoms with Crippen molar-refractivity contribution in [3.8, 4) is 0 Å². The summed E-state index contributed by atoms with van der Waals surface area (Å²) in [6, 6.07) is 9.19. The van der Waals surface area contributed by atoms with Crippen molar-refractivity contribution in [3.05, 3.63) is 29.8 Å². The summed E-state index contributed by atoms with van der Waals surface area (Å²) in [4.78, 5) is 8.28. The maximum absolute atomic E-state index is 5.95. The predicted octanol–water partition coefficient (Wildman–Crippen LogP) is 2.48. The smallest absolute Gasteiger partial charge is 0.188 e. The lowest BCUT2D eigenvalue weighted by atomic mass is 10.2. The Balaban J connectivity index is 1.63. The minimum atomic E-state index is 0.576. The van der Waals surface area contributed by atoms with Gasteiger partial charge in [-0.1, -0.05) is 24.6 Å². The lowest BCUT2D eigenvalue weighted by molar-refractivity contribution is 0.273. The SMILES string of the molecule is CCN1CCCC1CN=C(N)NCCSc1ccc(C)cc1. The molecule has 22 heavy (non-hydrogen) atoms. The summed E-state index contributed by atoms with van der Waals surface area (Å²) in [5, 5.41) is 3.21. The molecule has 1 saturated heterocycles. The van der Waals surface area contributed by atoms with Gasteiger partial charge in [0.25, 0.3) is 0 Å². The van der Waals surface area contributed by atoms with Crippen LogP contribution in [-0.4, -0.2) is 48.8 Å². The topological polar surface area (TPSA) is 53.6 Å². The number of benzene rings is 1. The number of hydrogen-bond donors (Lipinski definition) is 2. The Hall–Kier alpha value is -1.20. The molecule has 3 N–H and O–H groups in total. The molecule has 0 bridgehead atoms. The molecule has 1 aromatic carbocycles. The molecule has 1 aliphatic heterocycles. The Morgan fingerprint density at radius 2 is 2.18 bits per heavy atom. The Morgan fingerprint density at radius 3 is 2.91 bits per heavy atom. The number of hydrogen-bond acceptors (Lipinski definition) is 3. The summed E-state index contributed by atoms with van der Waals surface area (Å²) in [5.74, 6) is 1.57. The summed E-state index contributed by atoms with van der Waals surface area (Å²) in [5.41, 5.74) is 7.25. The molecular formula is C17H28N4S. The van der Waals surface area contributed by atoms with Crippen LogP contribution in [0.4, 0.5) is 0 Å². The average Bonchev–Trinajstić information content (AvgIpc) is 2.99. The first-order valence-electron chi connectivity index (χ1n) is 8.16. The summed E-state index contributed by atoms with van der Waals surface area (Å²) in [7, 11) is 0. The predicted molar refractivity (Wildman–Crippen MR) is 96.7 cm³/mol. The van der Waals surface area contributed by atoms with Crippen molar-refractivity contribution >= 4 is 17.7 Å². The fraction of sp³-hybridized carbons (Fsp3) is 0.588. The van der Waals surface area contributed by atoms with Crippen LogP contribution in [0.5, 0.6) is 0 Å². The van der Waals surface area contributed by atoms with Gasteiger partial charge in [0.2, 0.25) is 0 Å². The summed E-state index contributed by atoms with van der Waals surface area (Å²) < 4.78 is 0. The van der Waals surface area contributed by atoms with E-state index in [1.165, 1.54) is 29.8 Å². The Morgan fingerprint density at radius 1 is 1.41 bits per heavy atom. The third-order valence-electron chi connectivity index (χ3n) is 4.08. The van der Waals surface area contributed by atoms with Crippen LogP contribution >= 0.6 is 11.8 Å². The second kappa shape index (κ2) is 9.06. The van der Waals surface area contributed by atoms with Gasteiger partial charge in [-0.2, -0.15) is 0 Å². The number of aliphatic imine (C=N–C) groups is 1. The average molecular weight is 321 g/mol. The quantitative estimate of drug-likeness (QED) is 0.351. The van der Waals surface area contributed by atoms with Gasteiger partial charge in [-0.05, 0) is 45.0 Å². The van der Waals surface area contributed by atoms with E-state index < -0.39 is 0 Å². The molecule has 0 saturated carbocycles. The van der Waals surface area contributed by atoms with E-state index in [4.69, 9.17) is 5.73 Å². The first kappa shape index (κ1) is 17.2. The van der Waals surface area contributed by atoms with Crippen LogP contribution < -0.4 is 11.1 Å². The van der Waals surface area contributed by atoms with Crippen molar-refractivity contribution in [1.29, 1.82) is 0 Å². The zero-order chi connectivity index (χ0) is 15.8. The molecule has 1 unspecified atom stereocenters. The van der Waals surface area contributed by atoms with Crippen LogP contribution in [0.2, 0.25) is 0 Å². The third-order valence-corrected chi connectivity index (χ3v) is 5.09. The maximum Gasteiger partial charge on any atom is 0.188 e. The van der Waals surface area contributed by atoms with Crippen molar-refractivity contribution in [2.75, 3.05) is 31.9 Å². The molecule has 1 atom stereocenters. The van der Waals surface area contributed by atoms with E-state index in [-0.39, 0.29) is 0 Å². The highest BCUT2D eigenvalue weighted by atomic mass is 32.2. The summed E-state index contributed by atoms with van der Waals surface area (Å²) in [6.45, 7) is 8.30. The Labute approximate surface area is 138 Å². The maximum atomic E-state index is 5.95. The van der Waals surface area contributed by atoms with Gasteiger partial charge < -0.3 is 11.1 Å². The first-order chi connectivity index (χ1) is 10.7. The van der Waals surface area contributed by atoms with Crippen LogP contribution in [0.15, 0.2) is 34.2 Å². The van der Waals surface area contributed by atoms with Crippen molar-refractivity contribution in [1.82, 2.24) is 10.2 Å². The molecule has 5 heteroatoms. The van der Waals surface area contributed by atoms with Crippen LogP contribution in [0, 0.1) is 6.92 Å². The van der Waals surface area contributed by atoms with Crippen LogP contribution in [0.25, 0.3) is 0 Å². The molecule has 4 nitrogen and oxygen atoms in total. The van der Waals surface area contributed by atoms with Gasteiger partial charge in [0.15, 0.2) is 5.96 Å². The molecule has 122 valence electrons. The fourth-order valence-corrected chi connectivity index (χ4v) is 3.53. The molecular weight excluding hydrogens is 292 g/mol. The molecule has 1 fully saturated rings. The number of aryl methyl sites for hydroxylation is 1. The van der Waals surface area contributed by atoms with Crippen LogP contribution in [-0.2, 0) is 0 Å². The van der Waals surface area contributed by atoms with Gasteiger partial charge >= 0.3 is 0 Å². The van der Waals surface area contributed by atoms with Gasteiger partial charge in [0.1, 0.15) is 0 Å². The molecule has 2 rings (SSSR count). The van der Waals surface area contributed by atoms with Crippen molar-refractivity contribution in [3.63, 3.8) is 0 Å². The van der Waals surface area contributed by atoms with E-state index in [1.807, 2.05) is 11.8 Å². The number of nitrogens with zero attached hydrogens (tertiary/aromatic N) is 2. The lowest BCUT2D eigenvalue weighted by Crippen LogP contribution is -2.36. The van der Waals surface area contributed by atoms with Gasteiger partial charge in [0.05, 0.1) is 6.54 Å². The zero-order valence-corrected chi connectivity index (χ0v) is 14.5. The van der Waals surface area contributed by atoms with Gasteiger partial charge in [0, 0.05) is 23.2 Å². The summed E-state index contributed by atoms with van der Waals surface area (Å²) >= 11 is 1.84. The van der Waals surface area contributed by atoms with Crippen molar-refractivity contribution in [2.45, 2.75) is 37.6 Å². The van der Waals surface area contributed by atoms with E-state index >= 15 is 0 Å². The van der Waals surface area contributed by atoms with E-state index in [2.05, 4.69) is 53.3 Å². The number of likely N-dealkylation sites (tertiary alicyclic amines) is 1. The third kappa shape index (κ3) is 5.54. The van der Waals surface area contributed by atoms with Crippen LogP contribution in [0.1, 0.15) is 25.3 Å². The van der Waals surface area contributed by atoms with E-state index in [0.29, 0.717) is 12.0 Å². The molecule has 1 heterocycles. The van der Waals surface area contributed by atoms with Crippen molar-refractivity contribution < 1.29 is 0 Å².